The number of methoxy groups -OCH3 is 1. The van der Waals surface area contributed by atoms with E-state index in [2.05, 4.69) is 17.0 Å². The van der Waals surface area contributed by atoms with Crippen molar-refractivity contribution < 1.29 is 9.47 Å². The first-order valence-electron chi connectivity index (χ1n) is 13.2. The molecule has 0 aliphatic heterocycles. The molecule has 0 amide bonds. The summed E-state index contributed by atoms with van der Waals surface area (Å²) in [5, 5.41) is 9.82. The van der Waals surface area contributed by atoms with Crippen molar-refractivity contribution in [3.8, 4) is 39.8 Å². The lowest BCUT2D eigenvalue weighted by Crippen LogP contribution is -2.23. The highest BCUT2D eigenvalue weighted by molar-refractivity contribution is 7.15. The van der Waals surface area contributed by atoms with E-state index in [1.54, 1.807) is 17.9 Å². The Morgan fingerprint density at radius 3 is 2.49 bits per heavy atom. The summed E-state index contributed by atoms with van der Waals surface area (Å²) in [5.41, 5.74) is 3.71. The van der Waals surface area contributed by atoms with E-state index in [1.165, 1.54) is 15.9 Å². The molecule has 0 saturated heterocycles. The van der Waals surface area contributed by atoms with E-state index in [1.807, 2.05) is 79.0 Å². The first kappa shape index (κ1) is 26.7. The summed E-state index contributed by atoms with van der Waals surface area (Å²) < 4.78 is 14.7. The van der Waals surface area contributed by atoms with Crippen LogP contribution in [0.2, 0.25) is 5.02 Å². The number of nitrogens with zero attached hydrogens (tertiary/aromatic N) is 5. The number of thiazole rings is 1. The number of hydrogen-bond donors (Lipinski definition) is 0. The molecule has 0 saturated carbocycles. The van der Waals surface area contributed by atoms with Crippen LogP contribution in [0.3, 0.4) is 0 Å². The van der Waals surface area contributed by atoms with Gasteiger partial charge in [-0.3, -0.25) is 4.79 Å². The van der Waals surface area contributed by atoms with E-state index in [0.29, 0.717) is 38.4 Å². The van der Waals surface area contributed by atoms with Gasteiger partial charge in [0.25, 0.3) is 5.56 Å². The minimum atomic E-state index is -0.241. The van der Waals surface area contributed by atoms with Crippen molar-refractivity contribution in [3.05, 3.63) is 104 Å². The van der Waals surface area contributed by atoms with Crippen LogP contribution < -0.4 is 19.6 Å². The van der Waals surface area contributed by atoms with Gasteiger partial charge >= 0.3 is 0 Å². The van der Waals surface area contributed by atoms with Crippen LogP contribution >= 0.6 is 22.9 Å². The topological polar surface area (TPSA) is 83.5 Å². The molecule has 6 rings (SSSR count). The zero-order chi connectivity index (χ0) is 28.3. The smallest absolute Gasteiger partial charge is 0.291 e. The Kier molecular flexibility index (Phi) is 7.54. The predicted molar refractivity (Wildman–Crippen MR) is 162 cm³/mol. The molecular weight excluding hydrogens is 558 g/mol. The summed E-state index contributed by atoms with van der Waals surface area (Å²) in [6, 6.07) is 22.9. The number of hydrogen-bond acceptors (Lipinski definition) is 7. The van der Waals surface area contributed by atoms with Crippen molar-refractivity contribution in [2.24, 2.45) is 0 Å². The van der Waals surface area contributed by atoms with Gasteiger partial charge < -0.3 is 9.47 Å². The lowest BCUT2D eigenvalue weighted by Gasteiger charge is -2.05. The van der Waals surface area contributed by atoms with Crippen LogP contribution in [-0.2, 0) is 0 Å². The molecule has 0 unspecified atom stereocenters. The average Bonchev–Trinajstić information content (AvgIpc) is 3.69. The molecule has 206 valence electrons. The van der Waals surface area contributed by atoms with Gasteiger partial charge in [-0.05, 0) is 67.1 Å². The maximum atomic E-state index is 13.4. The highest BCUT2D eigenvalue weighted by Gasteiger charge is 2.16. The molecule has 41 heavy (non-hydrogen) atoms. The summed E-state index contributed by atoms with van der Waals surface area (Å²) in [7, 11) is 1.57. The van der Waals surface area contributed by atoms with Crippen LogP contribution in [0.25, 0.3) is 39.4 Å². The zero-order valence-electron chi connectivity index (χ0n) is 22.5. The van der Waals surface area contributed by atoms with Crippen molar-refractivity contribution in [2.45, 2.75) is 19.8 Å². The van der Waals surface area contributed by atoms with E-state index < -0.39 is 0 Å². The second-order valence-electron chi connectivity index (χ2n) is 9.33. The van der Waals surface area contributed by atoms with Crippen LogP contribution in [0.15, 0.2) is 83.8 Å². The van der Waals surface area contributed by atoms with Gasteiger partial charge in [0, 0.05) is 22.9 Å². The lowest BCUT2D eigenvalue weighted by atomic mass is 10.1. The third-order valence-electron chi connectivity index (χ3n) is 6.54. The highest BCUT2D eigenvalue weighted by Crippen LogP contribution is 2.32. The van der Waals surface area contributed by atoms with Crippen molar-refractivity contribution in [3.63, 3.8) is 0 Å². The van der Waals surface area contributed by atoms with Crippen LogP contribution in [0.1, 0.15) is 25.3 Å². The third kappa shape index (κ3) is 5.46. The normalized spacial score (nSPS) is 11.8. The molecule has 3 aromatic heterocycles. The maximum Gasteiger partial charge on any atom is 0.291 e. The first-order valence-corrected chi connectivity index (χ1v) is 14.4. The molecule has 0 radical (unpaired) electrons. The molecule has 8 nitrogen and oxygen atoms in total. The Morgan fingerprint density at radius 2 is 1.78 bits per heavy atom. The molecule has 0 aliphatic carbocycles. The van der Waals surface area contributed by atoms with Gasteiger partial charge in [-0.2, -0.15) is 14.6 Å². The summed E-state index contributed by atoms with van der Waals surface area (Å²) in [6.45, 7) is 2.81. The Bertz CT molecular complexity index is 1930. The van der Waals surface area contributed by atoms with E-state index in [4.69, 9.17) is 26.2 Å². The van der Waals surface area contributed by atoms with E-state index in [0.717, 1.165) is 41.0 Å². The number of aromatic nitrogens is 5. The molecule has 3 aromatic carbocycles. The fourth-order valence-electron chi connectivity index (χ4n) is 4.38. The molecular formula is C31H26ClN5O3S. The molecule has 6 aromatic rings. The SMILES string of the molecule is CCCCOc1ccc(-c2nc3s/c(=C\c4cn(-c5ccccc5)nc4-c4ccc(OC)c(Cl)c4)c(=O)n3n2)cc1. The van der Waals surface area contributed by atoms with Gasteiger partial charge in [-0.1, -0.05) is 54.5 Å². The average molecular weight is 584 g/mol. The summed E-state index contributed by atoms with van der Waals surface area (Å²) in [4.78, 5) is 18.5. The van der Waals surface area contributed by atoms with Crippen LogP contribution in [-0.4, -0.2) is 38.1 Å². The first-order chi connectivity index (χ1) is 20.0. The standard InChI is InChI=1S/C31H26ClN5O3S/c1-3-4-16-40-24-13-10-20(11-14-24)29-33-31-37(35-29)30(38)27(41-31)18-22-19-36(23-8-6-5-7-9-23)34-28(22)21-12-15-26(39-2)25(32)17-21/h5-15,17-19H,3-4,16H2,1-2H3/b27-18-. The van der Waals surface area contributed by atoms with Gasteiger partial charge in [0.05, 0.1) is 29.0 Å². The number of unbranched alkanes of at least 4 members (excludes halogenated alkanes) is 1. The number of ether oxygens (including phenoxy) is 2. The van der Waals surface area contributed by atoms with Gasteiger partial charge in [0.1, 0.15) is 17.2 Å². The van der Waals surface area contributed by atoms with Crippen molar-refractivity contribution >= 4 is 34.0 Å². The molecule has 0 atom stereocenters. The van der Waals surface area contributed by atoms with E-state index >= 15 is 0 Å². The fraction of sp³-hybridized carbons (Fsp3) is 0.161. The molecule has 0 bridgehead atoms. The summed E-state index contributed by atoms with van der Waals surface area (Å²) >= 11 is 7.72. The van der Waals surface area contributed by atoms with Gasteiger partial charge in [0.2, 0.25) is 4.96 Å². The molecule has 10 heteroatoms. The Labute approximate surface area is 245 Å². The molecule has 0 aliphatic rings. The van der Waals surface area contributed by atoms with Crippen LogP contribution in [0, 0.1) is 0 Å². The summed E-state index contributed by atoms with van der Waals surface area (Å²) in [5.74, 6) is 1.87. The molecule has 0 fully saturated rings. The Balaban J connectivity index is 1.38. The largest absolute Gasteiger partial charge is 0.495 e. The predicted octanol–water partition coefficient (Wildman–Crippen LogP) is 6.06. The Morgan fingerprint density at radius 1 is 1.00 bits per heavy atom. The fourth-order valence-corrected chi connectivity index (χ4v) is 5.53. The van der Waals surface area contributed by atoms with Crippen molar-refractivity contribution in [1.29, 1.82) is 0 Å². The highest BCUT2D eigenvalue weighted by atomic mass is 35.5. The van der Waals surface area contributed by atoms with Gasteiger partial charge in [0.15, 0.2) is 5.82 Å². The molecule has 0 spiro atoms. The number of para-hydroxylation sites is 1. The number of halogens is 1. The maximum absolute atomic E-state index is 13.4. The number of fused-ring (bicyclic) bond motifs is 1. The molecule has 3 heterocycles. The Hall–Kier alpha value is -4.47. The van der Waals surface area contributed by atoms with E-state index in [-0.39, 0.29) is 5.56 Å². The minimum absolute atomic E-state index is 0.241. The van der Waals surface area contributed by atoms with Gasteiger partial charge in [-0.25, -0.2) is 4.68 Å². The second-order valence-corrected chi connectivity index (χ2v) is 10.8. The van der Waals surface area contributed by atoms with Crippen molar-refractivity contribution in [2.75, 3.05) is 13.7 Å². The molecule has 0 N–H and O–H groups in total. The monoisotopic (exact) mass is 583 g/mol. The number of benzene rings is 3. The van der Waals surface area contributed by atoms with Gasteiger partial charge in [-0.15, -0.1) is 5.10 Å². The minimum Gasteiger partial charge on any atom is -0.495 e. The van der Waals surface area contributed by atoms with Crippen LogP contribution in [0.4, 0.5) is 0 Å². The third-order valence-corrected chi connectivity index (χ3v) is 7.79. The quantitative estimate of drug-likeness (QED) is 0.192. The summed E-state index contributed by atoms with van der Waals surface area (Å²) in [6.07, 6.45) is 5.81. The number of rotatable bonds is 9. The van der Waals surface area contributed by atoms with Crippen molar-refractivity contribution in [1.82, 2.24) is 24.4 Å². The lowest BCUT2D eigenvalue weighted by molar-refractivity contribution is 0.309. The van der Waals surface area contributed by atoms with E-state index in [9.17, 15) is 4.79 Å². The second kappa shape index (κ2) is 11.6. The van der Waals surface area contributed by atoms with Crippen LogP contribution in [0.5, 0.6) is 11.5 Å². The zero-order valence-corrected chi connectivity index (χ0v) is 24.0.